The fraction of sp³-hybridized carbons (Fsp3) is 0.562. The first-order chi connectivity index (χ1) is 9.58. The molecule has 0 atom stereocenters. The first kappa shape index (κ1) is 14.9. The van der Waals surface area contributed by atoms with Crippen molar-refractivity contribution in [1.82, 2.24) is 4.90 Å². The van der Waals surface area contributed by atoms with Crippen LogP contribution in [0.25, 0.3) is 0 Å². The molecule has 0 aromatic heterocycles. The number of aryl methyl sites for hydroxylation is 2. The summed E-state index contributed by atoms with van der Waals surface area (Å²) in [7, 11) is 0. The molecule has 1 aromatic carbocycles. The highest BCUT2D eigenvalue weighted by atomic mass is 16.5. The first-order valence-electron chi connectivity index (χ1n) is 7.23. The van der Waals surface area contributed by atoms with Crippen molar-refractivity contribution in [1.29, 1.82) is 0 Å². The smallest absolute Gasteiger partial charge is 0.226 e. The van der Waals surface area contributed by atoms with Gasteiger partial charge in [0.1, 0.15) is 5.75 Å². The monoisotopic (exact) mass is 277 g/mol. The van der Waals surface area contributed by atoms with Gasteiger partial charge in [0.15, 0.2) is 0 Å². The van der Waals surface area contributed by atoms with E-state index in [-0.39, 0.29) is 12.0 Å². The maximum Gasteiger partial charge on any atom is 0.226 e. The van der Waals surface area contributed by atoms with Crippen molar-refractivity contribution in [3.63, 3.8) is 0 Å². The van der Waals surface area contributed by atoms with Crippen LogP contribution in [0, 0.1) is 13.8 Å². The predicted octanol–water partition coefficient (Wildman–Crippen LogP) is 2.06. The van der Waals surface area contributed by atoms with E-state index in [4.69, 9.17) is 4.74 Å². The van der Waals surface area contributed by atoms with E-state index in [0.29, 0.717) is 39.0 Å². The predicted molar refractivity (Wildman–Crippen MR) is 77.8 cm³/mol. The van der Waals surface area contributed by atoms with Crippen molar-refractivity contribution in [3.8, 4) is 5.75 Å². The van der Waals surface area contributed by atoms with E-state index in [1.807, 2.05) is 36.9 Å². The van der Waals surface area contributed by atoms with E-state index in [0.717, 1.165) is 16.9 Å². The molecule has 1 aliphatic heterocycles. The molecule has 1 fully saturated rings. The lowest BCUT2D eigenvalue weighted by atomic mass is 10.1. The van der Waals surface area contributed by atoms with Crippen molar-refractivity contribution in [2.45, 2.75) is 39.2 Å². The number of hydrogen-bond donors (Lipinski definition) is 1. The molecule has 20 heavy (non-hydrogen) atoms. The van der Waals surface area contributed by atoms with Gasteiger partial charge in [-0.2, -0.15) is 0 Å². The van der Waals surface area contributed by atoms with Gasteiger partial charge in [0, 0.05) is 13.1 Å². The molecule has 1 aliphatic rings. The summed E-state index contributed by atoms with van der Waals surface area (Å²) in [5.41, 5.74) is 2.19. The number of piperidine rings is 1. The lowest BCUT2D eigenvalue weighted by Gasteiger charge is -2.29. The van der Waals surface area contributed by atoms with Gasteiger partial charge in [-0.3, -0.25) is 4.79 Å². The zero-order valence-corrected chi connectivity index (χ0v) is 12.3. The average molecular weight is 277 g/mol. The Labute approximate surface area is 120 Å². The quantitative estimate of drug-likeness (QED) is 0.916. The molecular weight excluding hydrogens is 254 g/mol. The number of aliphatic hydroxyl groups excluding tert-OH is 1. The van der Waals surface area contributed by atoms with Crippen LogP contribution in [0.4, 0.5) is 0 Å². The molecule has 4 heteroatoms. The normalized spacial score (nSPS) is 16.2. The SMILES string of the molecule is Cc1cccc(C)c1OCCC(=O)N1CCC(O)CC1. The van der Waals surface area contributed by atoms with E-state index in [1.165, 1.54) is 0 Å². The minimum atomic E-state index is -0.245. The molecule has 1 amide bonds. The maximum atomic E-state index is 12.0. The lowest BCUT2D eigenvalue weighted by Crippen LogP contribution is -2.40. The average Bonchev–Trinajstić information content (AvgIpc) is 2.42. The van der Waals surface area contributed by atoms with Crippen molar-refractivity contribution in [2.75, 3.05) is 19.7 Å². The van der Waals surface area contributed by atoms with Crippen molar-refractivity contribution >= 4 is 5.91 Å². The van der Waals surface area contributed by atoms with Crippen LogP contribution >= 0.6 is 0 Å². The topological polar surface area (TPSA) is 49.8 Å². The van der Waals surface area contributed by atoms with Gasteiger partial charge in [0.05, 0.1) is 19.1 Å². The summed E-state index contributed by atoms with van der Waals surface area (Å²) in [5.74, 6) is 0.998. The van der Waals surface area contributed by atoms with Crippen LogP contribution in [0.5, 0.6) is 5.75 Å². The van der Waals surface area contributed by atoms with Crippen molar-refractivity contribution < 1.29 is 14.6 Å². The minimum absolute atomic E-state index is 0.114. The number of amides is 1. The summed E-state index contributed by atoms with van der Waals surface area (Å²) in [5, 5.41) is 9.43. The molecule has 0 unspecified atom stereocenters. The number of ether oxygens (including phenoxy) is 1. The van der Waals surface area contributed by atoms with Crippen LogP contribution in [-0.2, 0) is 4.79 Å². The third kappa shape index (κ3) is 3.73. The molecule has 0 spiro atoms. The molecule has 1 aromatic rings. The molecule has 1 heterocycles. The van der Waals surface area contributed by atoms with Crippen LogP contribution in [0.3, 0.4) is 0 Å². The minimum Gasteiger partial charge on any atom is -0.493 e. The van der Waals surface area contributed by atoms with E-state index >= 15 is 0 Å². The van der Waals surface area contributed by atoms with Crippen molar-refractivity contribution in [2.24, 2.45) is 0 Å². The Morgan fingerprint density at radius 2 is 1.90 bits per heavy atom. The van der Waals surface area contributed by atoms with Gasteiger partial charge < -0.3 is 14.7 Å². The highest BCUT2D eigenvalue weighted by molar-refractivity contribution is 5.76. The molecule has 1 saturated heterocycles. The van der Waals surface area contributed by atoms with Gasteiger partial charge in [-0.1, -0.05) is 18.2 Å². The Bertz CT molecular complexity index is 445. The summed E-state index contributed by atoms with van der Waals surface area (Å²) >= 11 is 0. The number of nitrogens with zero attached hydrogens (tertiary/aromatic N) is 1. The van der Waals surface area contributed by atoms with Gasteiger partial charge in [0.2, 0.25) is 5.91 Å². The molecule has 110 valence electrons. The summed E-state index contributed by atoms with van der Waals surface area (Å²) in [6, 6.07) is 6.02. The Morgan fingerprint density at radius 1 is 1.30 bits per heavy atom. The van der Waals surface area contributed by atoms with Gasteiger partial charge in [-0.15, -0.1) is 0 Å². The Hall–Kier alpha value is -1.55. The molecule has 0 aliphatic carbocycles. The molecular formula is C16H23NO3. The standard InChI is InChI=1S/C16H23NO3/c1-12-4-3-5-13(2)16(12)20-11-8-15(19)17-9-6-14(18)7-10-17/h3-5,14,18H,6-11H2,1-2H3. The highest BCUT2D eigenvalue weighted by Gasteiger charge is 2.20. The summed E-state index contributed by atoms with van der Waals surface area (Å²) in [6.07, 6.45) is 1.52. The Balaban J connectivity index is 1.79. The second kappa shape index (κ2) is 6.75. The number of likely N-dealkylation sites (tertiary alicyclic amines) is 1. The molecule has 2 rings (SSSR count). The van der Waals surface area contributed by atoms with E-state index < -0.39 is 0 Å². The molecule has 4 nitrogen and oxygen atoms in total. The van der Waals surface area contributed by atoms with Crippen LogP contribution in [0.2, 0.25) is 0 Å². The Kier molecular flexibility index (Phi) is 5.01. The Morgan fingerprint density at radius 3 is 2.50 bits per heavy atom. The lowest BCUT2D eigenvalue weighted by molar-refractivity contribution is -0.133. The number of carbonyl (C=O) groups is 1. The van der Waals surface area contributed by atoms with Crippen LogP contribution in [-0.4, -0.2) is 41.7 Å². The van der Waals surface area contributed by atoms with Crippen LogP contribution in [0.15, 0.2) is 18.2 Å². The van der Waals surface area contributed by atoms with E-state index in [1.54, 1.807) is 0 Å². The zero-order chi connectivity index (χ0) is 14.5. The number of benzene rings is 1. The first-order valence-corrected chi connectivity index (χ1v) is 7.23. The molecule has 1 N–H and O–H groups in total. The fourth-order valence-corrected chi connectivity index (χ4v) is 2.54. The zero-order valence-electron chi connectivity index (χ0n) is 12.3. The molecule has 0 bridgehead atoms. The van der Waals surface area contributed by atoms with E-state index in [2.05, 4.69) is 0 Å². The van der Waals surface area contributed by atoms with Crippen LogP contribution in [0.1, 0.15) is 30.4 Å². The second-order valence-electron chi connectivity index (χ2n) is 5.43. The second-order valence-corrected chi connectivity index (χ2v) is 5.43. The van der Waals surface area contributed by atoms with Crippen LogP contribution < -0.4 is 4.74 Å². The molecule has 0 radical (unpaired) electrons. The summed E-state index contributed by atoms with van der Waals surface area (Å²) in [6.45, 7) is 5.74. The van der Waals surface area contributed by atoms with Gasteiger partial charge in [0.25, 0.3) is 0 Å². The maximum absolute atomic E-state index is 12.0. The number of aliphatic hydroxyl groups is 1. The highest BCUT2D eigenvalue weighted by Crippen LogP contribution is 2.22. The summed E-state index contributed by atoms with van der Waals surface area (Å²) < 4.78 is 5.75. The third-order valence-electron chi connectivity index (χ3n) is 3.79. The largest absolute Gasteiger partial charge is 0.493 e. The number of rotatable bonds is 4. The number of carbonyl (C=O) groups excluding carboxylic acids is 1. The van der Waals surface area contributed by atoms with E-state index in [9.17, 15) is 9.90 Å². The number of hydrogen-bond acceptors (Lipinski definition) is 3. The van der Waals surface area contributed by atoms with Gasteiger partial charge in [-0.05, 0) is 37.8 Å². The molecule has 0 saturated carbocycles. The fourth-order valence-electron chi connectivity index (χ4n) is 2.54. The van der Waals surface area contributed by atoms with Crippen molar-refractivity contribution in [3.05, 3.63) is 29.3 Å². The third-order valence-corrected chi connectivity index (χ3v) is 3.79. The number of para-hydroxylation sites is 1. The van der Waals surface area contributed by atoms with Gasteiger partial charge in [-0.25, -0.2) is 0 Å². The summed E-state index contributed by atoms with van der Waals surface area (Å²) in [4.78, 5) is 13.8. The van der Waals surface area contributed by atoms with Gasteiger partial charge >= 0.3 is 0 Å².